The van der Waals surface area contributed by atoms with Crippen molar-refractivity contribution < 1.29 is 14.3 Å². The molecule has 0 saturated carbocycles. The first-order valence-corrected chi connectivity index (χ1v) is 12.4. The number of unbranched alkanes of at least 4 members (excludes halogenated alkanes) is 1. The lowest BCUT2D eigenvalue weighted by Crippen LogP contribution is -2.26. The van der Waals surface area contributed by atoms with Crippen molar-refractivity contribution in [2.75, 3.05) is 6.61 Å². The van der Waals surface area contributed by atoms with Crippen LogP contribution in [0.4, 0.5) is 0 Å². The second kappa shape index (κ2) is 12.1. The van der Waals surface area contributed by atoms with Crippen LogP contribution in [0.3, 0.4) is 0 Å². The van der Waals surface area contributed by atoms with E-state index in [1.54, 1.807) is 6.92 Å². The lowest BCUT2D eigenvalue weighted by molar-refractivity contribution is -0.120. The molecule has 0 bridgehead atoms. The van der Waals surface area contributed by atoms with Gasteiger partial charge in [-0.2, -0.15) is 5.21 Å². The number of tetrazole rings is 1. The monoisotopic (exact) mass is 501 g/mol. The molecule has 2 aromatic heterocycles. The molecule has 10 nitrogen and oxygen atoms in total. The van der Waals surface area contributed by atoms with Gasteiger partial charge in [-0.1, -0.05) is 61.9 Å². The number of hydrogen-bond acceptors (Lipinski definition) is 7. The fraction of sp³-hybridized carbons (Fsp3) is 0.333. The number of hydrogen-bond donors (Lipinski definition) is 2. The zero-order valence-electron chi connectivity index (χ0n) is 21.3. The molecule has 4 rings (SSSR count). The van der Waals surface area contributed by atoms with Gasteiger partial charge in [0.25, 0.3) is 0 Å². The Kier molecular flexibility index (Phi) is 8.40. The number of nitrogens with one attached hydrogen (secondary N) is 2. The van der Waals surface area contributed by atoms with E-state index >= 15 is 0 Å². The summed E-state index contributed by atoms with van der Waals surface area (Å²) in [5, 5.41) is 17.3. The number of rotatable bonds is 11. The van der Waals surface area contributed by atoms with Gasteiger partial charge in [0.05, 0.1) is 13.0 Å². The Morgan fingerprint density at radius 1 is 1.05 bits per heavy atom. The fourth-order valence-corrected chi connectivity index (χ4v) is 4.15. The Balaban J connectivity index is 1.42. The van der Waals surface area contributed by atoms with Crippen LogP contribution >= 0.6 is 0 Å². The summed E-state index contributed by atoms with van der Waals surface area (Å²) >= 11 is 0. The van der Waals surface area contributed by atoms with Gasteiger partial charge in [-0.15, -0.1) is 10.2 Å². The number of benzene rings is 2. The van der Waals surface area contributed by atoms with Crippen molar-refractivity contribution in [3.8, 4) is 22.5 Å². The molecule has 37 heavy (non-hydrogen) atoms. The highest BCUT2D eigenvalue weighted by molar-refractivity contribution is 5.89. The van der Waals surface area contributed by atoms with Crippen LogP contribution in [0.5, 0.6) is 0 Å². The van der Waals surface area contributed by atoms with E-state index in [0.717, 1.165) is 40.8 Å². The highest BCUT2D eigenvalue weighted by atomic mass is 16.5. The fourth-order valence-electron chi connectivity index (χ4n) is 4.15. The van der Waals surface area contributed by atoms with Gasteiger partial charge in [0.2, 0.25) is 11.7 Å². The van der Waals surface area contributed by atoms with Crippen LogP contribution in [0.2, 0.25) is 0 Å². The minimum Gasteiger partial charge on any atom is -0.461 e. The second-order valence-electron chi connectivity index (χ2n) is 8.62. The van der Waals surface area contributed by atoms with E-state index in [1.807, 2.05) is 60.0 Å². The first kappa shape index (κ1) is 25.7. The molecule has 0 fully saturated rings. The lowest BCUT2D eigenvalue weighted by Gasteiger charge is -2.11. The van der Waals surface area contributed by atoms with Crippen LogP contribution in [0.15, 0.2) is 48.5 Å². The Morgan fingerprint density at radius 2 is 1.81 bits per heavy atom. The Bertz CT molecular complexity index is 1350. The first-order chi connectivity index (χ1) is 18.0. The van der Waals surface area contributed by atoms with Crippen LogP contribution in [-0.4, -0.2) is 48.7 Å². The summed E-state index contributed by atoms with van der Waals surface area (Å²) in [5.74, 6) is 0.480. The van der Waals surface area contributed by atoms with Crippen LogP contribution in [-0.2, 0) is 29.0 Å². The highest BCUT2D eigenvalue weighted by Crippen LogP contribution is 2.29. The number of H-pyrrole nitrogens is 1. The molecule has 0 atom stereocenters. The Hall–Kier alpha value is -4.34. The molecule has 1 amide bonds. The van der Waals surface area contributed by atoms with Crippen LogP contribution < -0.4 is 5.32 Å². The number of aromatic nitrogens is 6. The van der Waals surface area contributed by atoms with E-state index in [-0.39, 0.29) is 24.6 Å². The number of esters is 1. The van der Waals surface area contributed by atoms with Gasteiger partial charge in [0, 0.05) is 24.3 Å². The van der Waals surface area contributed by atoms with E-state index in [1.165, 1.54) is 0 Å². The molecule has 0 unspecified atom stereocenters. The zero-order valence-corrected chi connectivity index (χ0v) is 21.3. The van der Waals surface area contributed by atoms with Crippen molar-refractivity contribution in [1.29, 1.82) is 0 Å². The molecular formula is C27H31N7O3. The van der Waals surface area contributed by atoms with Crippen molar-refractivity contribution in [3.05, 3.63) is 71.3 Å². The molecular weight excluding hydrogens is 470 g/mol. The maximum Gasteiger partial charge on any atom is 0.358 e. The summed E-state index contributed by atoms with van der Waals surface area (Å²) in [6, 6.07) is 15.8. The van der Waals surface area contributed by atoms with Gasteiger partial charge in [0.15, 0.2) is 5.69 Å². The highest BCUT2D eigenvalue weighted by Gasteiger charge is 2.22. The topological polar surface area (TPSA) is 128 Å². The average molecular weight is 502 g/mol. The van der Waals surface area contributed by atoms with Crippen molar-refractivity contribution in [3.63, 3.8) is 0 Å². The predicted octanol–water partition coefficient (Wildman–Crippen LogP) is 3.87. The van der Waals surface area contributed by atoms with Crippen molar-refractivity contribution >= 4 is 11.9 Å². The number of amides is 1. The van der Waals surface area contributed by atoms with Crippen molar-refractivity contribution in [2.24, 2.45) is 0 Å². The third kappa shape index (κ3) is 6.08. The number of aromatic amines is 1. The molecule has 0 aliphatic carbocycles. The minimum atomic E-state index is -0.460. The summed E-state index contributed by atoms with van der Waals surface area (Å²) in [7, 11) is 0. The summed E-state index contributed by atoms with van der Waals surface area (Å²) in [6.45, 7) is 7.05. The Morgan fingerprint density at radius 3 is 2.49 bits per heavy atom. The number of nitrogens with zero attached hydrogens (tertiary/aromatic N) is 5. The largest absolute Gasteiger partial charge is 0.461 e. The van der Waals surface area contributed by atoms with Crippen LogP contribution in [0.1, 0.15) is 54.3 Å². The molecule has 2 aromatic carbocycles. The van der Waals surface area contributed by atoms with E-state index in [9.17, 15) is 9.59 Å². The van der Waals surface area contributed by atoms with E-state index in [4.69, 9.17) is 4.74 Å². The molecule has 2 heterocycles. The molecule has 192 valence electrons. The van der Waals surface area contributed by atoms with E-state index in [2.05, 4.69) is 37.8 Å². The van der Waals surface area contributed by atoms with Gasteiger partial charge < -0.3 is 14.6 Å². The van der Waals surface area contributed by atoms with Gasteiger partial charge in [-0.25, -0.2) is 9.78 Å². The first-order valence-electron chi connectivity index (χ1n) is 12.4. The number of carbonyl (C=O) groups is 2. The smallest absolute Gasteiger partial charge is 0.358 e. The van der Waals surface area contributed by atoms with Gasteiger partial charge >= 0.3 is 5.97 Å². The zero-order chi connectivity index (χ0) is 26.2. The quantitative estimate of drug-likeness (QED) is 0.299. The van der Waals surface area contributed by atoms with E-state index < -0.39 is 5.97 Å². The van der Waals surface area contributed by atoms with Crippen molar-refractivity contribution in [1.82, 2.24) is 35.5 Å². The molecule has 0 spiro atoms. The lowest BCUT2D eigenvalue weighted by atomic mass is 9.98. The van der Waals surface area contributed by atoms with E-state index in [0.29, 0.717) is 24.7 Å². The SMILES string of the molecule is CCCCn1c(CC(=O)NCc2ccc(-c3ccccc3-c3nn[nH]n3)cc2)nc(C(=O)OCC)c1C. The number of carbonyl (C=O) groups excluding carboxylic acids is 2. The third-order valence-corrected chi connectivity index (χ3v) is 6.09. The molecule has 0 aliphatic rings. The number of imidazole rings is 1. The summed E-state index contributed by atoms with van der Waals surface area (Å²) in [4.78, 5) is 29.6. The van der Waals surface area contributed by atoms with Gasteiger partial charge in [-0.3, -0.25) is 4.79 Å². The number of ether oxygens (including phenoxy) is 1. The summed E-state index contributed by atoms with van der Waals surface area (Å²) in [5.41, 5.74) is 4.85. The predicted molar refractivity (Wildman–Crippen MR) is 138 cm³/mol. The average Bonchev–Trinajstić information content (AvgIpc) is 3.55. The van der Waals surface area contributed by atoms with Crippen LogP contribution in [0, 0.1) is 6.92 Å². The van der Waals surface area contributed by atoms with Gasteiger partial charge in [0.1, 0.15) is 5.82 Å². The molecule has 0 radical (unpaired) electrons. The maximum absolute atomic E-state index is 12.8. The van der Waals surface area contributed by atoms with Gasteiger partial charge in [-0.05, 0) is 42.2 Å². The third-order valence-electron chi connectivity index (χ3n) is 6.09. The molecule has 4 aromatic rings. The summed E-state index contributed by atoms with van der Waals surface area (Å²) < 4.78 is 7.08. The molecule has 0 saturated heterocycles. The molecule has 10 heteroatoms. The minimum absolute atomic E-state index is 0.0835. The normalized spacial score (nSPS) is 10.9. The maximum atomic E-state index is 12.8. The molecule has 2 N–H and O–H groups in total. The Labute approximate surface area is 215 Å². The van der Waals surface area contributed by atoms with Crippen molar-refractivity contribution in [2.45, 2.75) is 53.1 Å². The second-order valence-corrected chi connectivity index (χ2v) is 8.62. The molecule has 0 aliphatic heterocycles. The summed E-state index contributed by atoms with van der Waals surface area (Å²) in [6.07, 6.45) is 2.00. The van der Waals surface area contributed by atoms with Crippen LogP contribution in [0.25, 0.3) is 22.5 Å². The standard InChI is InChI=1S/C27H31N7O3/c1-4-6-15-34-18(3)25(27(36)37-5-2)29-23(34)16-24(35)28-17-19-11-13-20(14-12-19)21-9-7-8-10-22(21)26-30-32-33-31-26/h7-14H,4-6,15-17H2,1-3H3,(H,28,35)(H,30,31,32,33).